The van der Waals surface area contributed by atoms with Gasteiger partial charge < -0.3 is 9.84 Å². The van der Waals surface area contributed by atoms with Gasteiger partial charge in [0.25, 0.3) is 0 Å². The van der Waals surface area contributed by atoms with Gasteiger partial charge in [-0.2, -0.15) is 0 Å². The smallest absolute Gasteiger partial charge is 0.302 e. The average molecular weight is 268 g/mol. The summed E-state index contributed by atoms with van der Waals surface area (Å²) in [6, 6.07) is 0. The molecule has 0 radical (unpaired) electrons. The van der Waals surface area contributed by atoms with Crippen molar-refractivity contribution >= 4 is 11.8 Å². The molecule has 0 amide bonds. The van der Waals surface area contributed by atoms with E-state index >= 15 is 0 Å². The number of hydrogen-bond donors (Lipinski definition) is 1. The Morgan fingerprint density at radius 3 is 2.63 bits per heavy atom. The van der Waals surface area contributed by atoms with E-state index in [-0.39, 0.29) is 30.2 Å². The van der Waals surface area contributed by atoms with Gasteiger partial charge in [0.15, 0.2) is 5.78 Å². The lowest BCUT2D eigenvalue weighted by Gasteiger charge is -2.57. The fourth-order valence-corrected chi connectivity index (χ4v) is 3.97. The predicted molar refractivity (Wildman–Crippen MR) is 70.4 cm³/mol. The first-order valence-corrected chi connectivity index (χ1v) is 7.13. The van der Waals surface area contributed by atoms with Crippen LogP contribution in [0.2, 0.25) is 0 Å². The number of ether oxygens (including phenoxy) is 1. The number of ketones is 1. The molecule has 0 aromatic heterocycles. The molecule has 2 aliphatic rings. The van der Waals surface area contributed by atoms with Crippen molar-refractivity contribution in [3.05, 3.63) is 0 Å². The van der Waals surface area contributed by atoms with Crippen molar-refractivity contribution < 1.29 is 19.4 Å². The molecule has 0 saturated heterocycles. The molecule has 0 bridgehead atoms. The maximum absolute atomic E-state index is 12.4. The summed E-state index contributed by atoms with van der Waals surface area (Å²) in [4.78, 5) is 23.4. The summed E-state index contributed by atoms with van der Waals surface area (Å²) in [5, 5.41) is 10.9. The number of aliphatic hydroxyl groups is 1. The van der Waals surface area contributed by atoms with Gasteiger partial charge in [-0.15, -0.1) is 0 Å². The largest absolute Gasteiger partial charge is 0.462 e. The topological polar surface area (TPSA) is 63.6 Å². The molecule has 0 heterocycles. The number of fused-ring (bicyclic) bond motifs is 1. The fraction of sp³-hybridized carbons (Fsp3) is 0.867. The van der Waals surface area contributed by atoms with Gasteiger partial charge in [-0.1, -0.05) is 20.8 Å². The molecule has 5 atom stereocenters. The molecule has 108 valence electrons. The zero-order valence-electron chi connectivity index (χ0n) is 12.2. The highest BCUT2D eigenvalue weighted by molar-refractivity contribution is 5.89. The van der Waals surface area contributed by atoms with Crippen LogP contribution >= 0.6 is 0 Å². The molecule has 0 aromatic rings. The van der Waals surface area contributed by atoms with Gasteiger partial charge in [0.2, 0.25) is 0 Å². The van der Waals surface area contributed by atoms with Crippen molar-refractivity contribution in [1.82, 2.24) is 0 Å². The second-order valence-corrected chi connectivity index (χ2v) is 6.65. The van der Waals surface area contributed by atoms with Crippen LogP contribution in [0.5, 0.6) is 0 Å². The second-order valence-electron chi connectivity index (χ2n) is 6.65. The SMILES string of the molecule is CC(=O)O[C@@H]1CC[C@]2(C)[C@H](C)[C@H](C)CC(=O)[C@@]2(O)C1. The van der Waals surface area contributed by atoms with Crippen LogP contribution < -0.4 is 0 Å². The van der Waals surface area contributed by atoms with E-state index in [9.17, 15) is 14.7 Å². The minimum Gasteiger partial charge on any atom is -0.462 e. The van der Waals surface area contributed by atoms with E-state index in [0.29, 0.717) is 12.3 Å². The Balaban J connectivity index is 2.28. The first kappa shape index (κ1) is 14.5. The molecule has 0 spiro atoms. The lowest BCUT2D eigenvalue weighted by molar-refractivity contribution is -0.201. The van der Waals surface area contributed by atoms with E-state index in [0.717, 1.165) is 12.8 Å². The number of hydrogen-bond acceptors (Lipinski definition) is 4. The number of Topliss-reactive ketones (excluding diaryl/α,β-unsaturated/α-hetero) is 1. The number of esters is 1. The van der Waals surface area contributed by atoms with Crippen molar-refractivity contribution in [2.24, 2.45) is 17.3 Å². The molecule has 4 heteroatoms. The molecular formula is C15H24O4. The highest BCUT2D eigenvalue weighted by Gasteiger charge is 2.61. The van der Waals surface area contributed by atoms with Crippen molar-refractivity contribution in [2.75, 3.05) is 0 Å². The molecule has 2 rings (SSSR count). The van der Waals surface area contributed by atoms with Crippen LogP contribution in [0.4, 0.5) is 0 Å². The zero-order valence-corrected chi connectivity index (χ0v) is 12.2. The maximum atomic E-state index is 12.4. The van der Waals surface area contributed by atoms with Crippen LogP contribution in [-0.2, 0) is 14.3 Å². The minimum atomic E-state index is -1.34. The van der Waals surface area contributed by atoms with Crippen molar-refractivity contribution in [1.29, 1.82) is 0 Å². The van der Waals surface area contributed by atoms with Crippen molar-refractivity contribution in [2.45, 2.75) is 65.1 Å². The summed E-state index contributed by atoms with van der Waals surface area (Å²) in [6.07, 6.45) is 1.78. The molecule has 0 aliphatic heterocycles. The zero-order chi connectivity index (χ0) is 14.4. The molecule has 2 fully saturated rings. The van der Waals surface area contributed by atoms with Gasteiger partial charge in [-0.3, -0.25) is 9.59 Å². The highest BCUT2D eigenvalue weighted by atomic mass is 16.5. The Bertz CT molecular complexity index is 405. The average Bonchev–Trinajstić information content (AvgIpc) is 2.30. The molecule has 19 heavy (non-hydrogen) atoms. The Morgan fingerprint density at radius 2 is 2.05 bits per heavy atom. The van der Waals surface area contributed by atoms with E-state index in [4.69, 9.17) is 4.74 Å². The molecule has 2 saturated carbocycles. The van der Waals surface area contributed by atoms with Gasteiger partial charge in [-0.25, -0.2) is 0 Å². The summed E-state index contributed by atoms with van der Waals surface area (Å²) in [7, 11) is 0. The molecular weight excluding hydrogens is 244 g/mol. The second kappa shape index (κ2) is 4.58. The van der Waals surface area contributed by atoms with E-state index in [1.54, 1.807) is 0 Å². The Labute approximate surface area is 114 Å². The molecule has 0 aromatic carbocycles. The summed E-state index contributed by atoms with van der Waals surface area (Å²) in [5.74, 6) is 0.149. The Hall–Kier alpha value is -0.900. The molecule has 0 unspecified atom stereocenters. The van der Waals surface area contributed by atoms with Crippen LogP contribution in [0.25, 0.3) is 0 Å². The van der Waals surface area contributed by atoms with Gasteiger partial charge in [0.1, 0.15) is 11.7 Å². The van der Waals surface area contributed by atoms with Crippen molar-refractivity contribution in [3.8, 4) is 0 Å². The number of carbonyl (C=O) groups is 2. The normalized spacial score (nSPS) is 46.6. The van der Waals surface area contributed by atoms with Crippen LogP contribution in [-0.4, -0.2) is 28.6 Å². The quantitative estimate of drug-likeness (QED) is 0.740. The molecule has 1 N–H and O–H groups in total. The third kappa shape index (κ3) is 2.10. The van der Waals surface area contributed by atoms with Crippen LogP contribution in [0.1, 0.15) is 53.4 Å². The fourth-order valence-electron chi connectivity index (χ4n) is 3.97. The van der Waals surface area contributed by atoms with Gasteiger partial charge in [-0.05, 0) is 24.7 Å². The monoisotopic (exact) mass is 268 g/mol. The summed E-state index contributed by atoms with van der Waals surface area (Å²) < 4.78 is 5.21. The lowest BCUT2D eigenvalue weighted by atomic mass is 9.50. The standard InChI is InChI=1S/C15H24O4/c1-9-7-13(17)15(18)8-12(19-11(3)16)5-6-14(15,4)10(9)2/h9-10,12,18H,5-8H2,1-4H3/t9-,10-,12-,14-,15+/m1/s1. The van der Waals surface area contributed by atoms with Gasteiger partial charge >= 0.3 is 5.97 Å². The van der Waals surface area contributed by atoms with Crippen LogP contribution in [0.15, 0.2) is 0 Å². The summed E-state index contributed by atoms with van der Waals surface area (Å²) >= 11 is 0. The van der Waals surface area contributed by atoms with Crippen LogP contribution in [0.3, 0.4) is 0 Å². The van der Waals surface area contributed by atoms with E-state index in [1.165, 1.54) is 6.92 Å². The molecule has 2 aliphatic carbocycles. The minimum absolute atomic E-state index is 0.0857. The Kier molecular flexibility index (Phi) is 3.50. The van der Waals surface area contributed by atoms with Gasteiger partial charge in [0.05, 0.1) is 0 Å². The van der Waals surface area contributed by atoms with Crippen molar-refractivity contribution in [3.63, 3.8) is 0 Å². The highest BCUT2D eigenvalue weighted by Crippen LogP contribution is 2.56. The first-order valence-electron chi connectivity index (χ1n) is 7.13. The van der Waals surface area contributed by atoms with E-state index in [2.05, 4.69) is 13.8 Å². The molecule has 4 nitrogen and oxygen atoms in total. The summed E-state index contributed by atoms with van der Waals surface area (Å²) in [6.45, 7) is 7.57. The third-order valence-corrected chi connectivity index (χ3v) is 5.61. The first-order chi connectivity index (χ1) is 8.70. The Morgan fingerprint density at radius 1 is 1.42 bits per heavy atom. The maximum Gasteiger partial charge on any atom is 0.302 e. The number of rotatable bonds is 1. The predicted octanol–water partition coefficient (Wildman–Crippen LogP) is 2.08. The third-order valence-electron chi connectivity index (χ3n) is 5.61. The number of carbonyl (C=O) groups excluding carboxylic acids is 2. The van der Waals surface area contributed by atoms with Crippen LogP contribution in [0, 0.1) is 17.3 Å². The van der Waals surface area contributed by atoms with E-state index in [1.807, 2.05) is 6.92 Å². The lowest BCUT2D eigenvalue weighted by Crippen LogP contribution is -2.64. The van der Waals surface area contributed by atoms with Gasteiger partial charge in [0, 0.05) is 25.2 Å². The van der Waals surface area contributed by atoms with E-state index < -0.39 is 11.0 Å². The summed E-state index contributed by atoms with van der Waals surface area (Å²) in [5.41, 5.74) is -1.74.